The number of carboxylic acid groups (broad SMARTS) is 1. The third kappa shape index (κ3) is 1.84. The molecule has 0 radical (unpaired) electrons. The summed E-state index contributed by atoms with van der Waals surface area (Å²) in [6.45, 7) is 3.66. The van der Waals surface area contributed by atoms with Gasteiger partial charge in [0.2, 0.25) is 5.76 Å². The lowest BCUT2D eigenvalue weighted by Gasteiger charge is -1.95. The Hall–Kier alpha value is -2.04. The molecule has 0 aliphatic carbocycles. The van der Waals surface area contributed by atoms with Gasteiger partial charge in [-0.15, -0.1) is 0 Å². The van der Waals surface area contributed by atoms with Crippen LogP contribution in [0.4, 0.5) is 0 Å². The fraction of sp³-hybridized carbons (Fsp3) is 0.273. The van der Waals surface area contributed by atoms with Gasteiger partial charge >= 0.3 is 5.97 Å². The van der Waals surface area contributed by atoms with Gasteiger partial charge in [0, 0.05) is 12.0 Å². The van der Waals surface area contributed by atoms with Crippen molar-refractivity contribution >= 4 is 5.97 Å². The lowest BCUT2D eigenvalue weighted by Crippen LogP contribution is -1.93. The zero-order chi connectivity index (χ0) is 11.7. The van der Waals surface area contributed by atoms with E-state index in [0.717, 1.165) is 17.0 Å². The molecule has 0 amide bonds. The monoisotopic (exact) mass is 221 g/mol. The van der Waals surface area contributed by atoms with Crippen LogP contribution in [0.1, 0.15) is 33.3 Å². The van der Waals surface area contributed by atoms with Crippen molar-refractivity contribution in [3.63, 3.8) is 0 Å². The van der Waals surface area contributed by atoms with Gasteiger partial charge < -0.3 is 14.0 Å². The van der Waals surface area contributed by atoms with E-state index in [9.17, 15) is 4.79 Å². The van der Waals surface area contributed by atoms with Crippen molar-refractivity contribution in [3.05, 3.63) is 40.7 Å². The maximum absolute atomic E-state index is 10.6. The van der Waals surface area contributed by atoms with Gasteiger partial charge in [0.25, 0.3) is 0 Å². The van der Waals surface area contributed by atoms with Crippen LogP contribution in [0.15, 0.2) is 21.1 Å². The number of carbonyl (C=O) groups is 1. The lowest BCUT2D eigenvalue weighted by molar-refractivity contribution is 0.0660. The Balaban J connectivity index is 2.24. The van der Waals surface area contributed by atoms with E-state index < -0.39 is 5.97 Å². The molecular formula is C11H11NO4. The molecule has 0 bridgehead atoms. The van der Waals surface area contributed by atoms with Crippen molar-refractivity contribution in [2.45, 2.75) is 20.3 Å². The molecule has 5 heteroatoms. The van der Waals surface area contributed by atoms with Crippen LogP contribution < -0.4 is 0 Å². The first-order chi connectivity index (χ1) is 7.58. The Morgan fingerprint density at radius 2 is 2.19 bits per heavy atom. The van der Waals surface area contributed by atoms with Crippen LogP contribution in [0.5, 0.6) is 0 Å². The highest BCUT2D eigenvalue weighted by Crippen LogP contribution is 2.18. The van der Waals surface area contributed by atoms with E-state index in [0.29, 0.717) is 12.2 Å². The van der Waals surface area contributed by atoms with Gasteiger partial charge in [-0.3, -0.25) is 0 Å². The first kappa shape index (κ1) is 10.5. The molecule has 0 saturated heterocycles. The number of carboxylic acids is 1. The molecule has 2 aromatic heterocycles. The second-order valence-electron chi connectivity index (χ2n) is 3.55. The van der Waals surface area contributed by atoms with Crippen LogP contribution in [0.2, 0.25) is 0 Å². The molecule has 0 fully saturated rings. The SMILES string of the molecule is Cc1noc(C)c1Cc1ccc(C(=O)O)o1. The summed E-state index contributed by atoms with van der Waals surface area (Å²) in [4.78, 5) is 10.6. The molecule has 0 unspecified atom stereocenters. The van der Waals surface area contributed by atoms with Crippen LogP contribution >= 0.6 is 0 Å². The molecule has 5 nitrogen and oxygen atoms in total. The Bertz CT molecular complexity index is 504. The van der Waals surface area contributed by atoms with E-state index in [1.807, 2.05) is 13.8 Å². The number of nitrogens with zero attached hydrogens (tertiary/aromatic N) is 1. The third-order valence-electron chi connectivity index (χ3n) is 2.40. The number of furan rings is 1. The van der Waals surface area contributed by atoms with Crippen molar-refractivity contribution in [2.75, 3.05) is 0 Å². The van der Waals surface area contributed by atoms with Gasteiger partial charge in [-0.25, -0.2) is 4.79 Å². The van der Waals surface area contributed by atoms with E-state index in [-0.39, 0.29) is 5.76 Å². The number of aryl methyl sites for hydroxylation is 2. The first-order valence-electron chi connectivity index (χ1n) is 4.81. The van der Waals surface area contributed by atoms with Crippen molar-refractivity contribution in [1.82, 2.24) is 5.16 Å². The van der Waals surface area contributed by atoms with Gasteiger partial charge in [-0.05, 0) is 26.0 Å². The maximum Gasteiger partial charge on any atom is 0.371 e. The molecule has 0 atom stereocenters. The summed E-state index contributed by atoms with van der Waals surface area (Å²) in [5, 5.41) is 12.5. The number of hydrogen-bond acceptors (Lipinski definition) is 4. The standard InChI is InChI=1S/C11H11NO4/c1-6-9(7(2)16-12-6)5-8-3-4-10(15-8)11(13)14/h3-4H,5H2,1-2H3,(H,13,14). The summed E-state index contributed by atoms with van der Waals surface area (Å²) in [6.07, 6.45) is 0.494. The quantitative estimate of drug-likeness (QED) is 0.859. The molecule has 0 spiro atoms. The average Bonchev–Trinajstić information content (AvgIpc) is 2.80. The molecule has 84 valence electrons. The fourth-order valence-electron chi connectivity index (χ4n) is 1.52. The summed E-state index contributed by atoms with van der Waals surface area (Å²) in [5.74, 6) is 0.198. The van der Waals surface area contributed by atoms with E-state index in [1.165, 1.54) is 6.07 Å². The number of aromatic carboxylic acids is 1. The van der Waals surface area contributed by atoms with Gasteiger partial charge in [-0.1, -0.05) is 5.16 Å². The van der Waals surface area contributed by atoms with Crippen molar-refractivity contribution < 1.29 is 18.8 Å². The van der Waals surface area contributed by atoms with Crippen LogP contribution in [-0.4, -0.2) is 16.2 Å². The molecule has 16 heavy (non-hydrogen) atoms. The molecule has 2 rings (SSSR count). The smallest absolute Gasteiger partial charge is 0.371 e. The minimum atomic E-state index is -1.06. The van der Waals surface area contributed by atoms with Crippen LogP contribution in [0, 0.1) is 13.8 Å². The minimum absolute atomic E-state index is 0.0539. The van der Waals surface area contributed by atoms with E-state index in [4.69, 9.17) is 14.0 Å². The predicted molar refractivity (Wildman–Crippen MR) is 54.5 cm³/mol. The van der Waals surface area contributed by atoms with Crippen LogP contribution in [0.3, 0.4) is 0 Å². The maximum atomic E-state index is 10.6. The highest BCUT2D eigenvalue weighted by atomic mass is 16.5. The number of aromatic nitrogens is 1. The largest absolute Gasteiger partial charge is 0.475 e. The topological polar surface area (TPSA) is 76.5 Å². The average molecular weight is 221 g/mol. The number of rotatable bonds is 3. The van der Waals surface area contributed by atoms with E-state index >= 15 is 0 Å². The lowest BCUT2D eigenvalue weighted by atomic mass is 10.1. The van der Waals surface area contributed by atoms with Crippen LogP contribution in [0.25, 0.3) is 0 Å². The zero-order valence-corrected chi connectivity index (χ0v) is 8.98. The fourth-order valence-corrected chi connectivity index (χ4v) is 1.52. The van der Waals surface area contributed by atoms with Gasteiger partial charge in [-0.2, -0.15) is 0 Å². The summed E-state index contributed by atoms with van der Waals surface area (Å²) in [6, 6.07) is 3.09. The van der Waals surface area contributed by atoms with E-state index in [2.05, 4.69) is 5.16 Å². The second kappa shape index (κ2) is 3.84. The Morgan fingerprint density at radius 3 is 2.69 bits per heavy atom. The summed E-state index contributed by atoms with van der Waals surface area (Å²) >= 11 is 0. The molecular weight excluding hydrogens is 210 g/mol. The van der Waals surface area contributed by atoms with Gasteiger partial charge in [0.1, 0.15) is 11.5 Å². The zero-order valence-electron chi connectivity index (χ0n) is 8.98. The summed E-state index contributed by atoms with van der Waals surface area (Å²) < 4.78 is 10.2. The second-order valence-corrected chi connectivity index (χ2v) is 3.55. The Morgan fingerprint density at radius 1 is 1.44 bits per heavy atom. The van der Waals surface area contributed by atoms with Gasteiger partial charge in [0.15, 0.2) is 0 Å². The molecule has 1 N–H and O–H groups in total. The third-order valence-corrected chi connectivity index (χ3v) is 2.40. The van der Waals surface area contributed by atoms with E-state index in [1.54, 1.807) is 6.07 Å². The summed E-state index contributed by atoms with van der Waals surface area (Å²) in [5.41, 5.74) is 1.73. The normalized spacial score (nSPS) is 10.6. The van der Waals surface area contributed by atoms with Gasteiger partial charge in [0.05, 0.1) is 5.69 Å². The molecule has 0 aromatic carbocycles. The first-order valence-corrected chi connectivity index (χ1v) is 4.81. The molecule has 0 saturated carbocycles. The van der Waals surface area contributed by atoms with Crippen molar-refractivity contribution in [2.24, 2.45) is 0 Å². The molecule has 0 aliphatic rings. The van der Waals surface area contributed by atoms with Crippen molar-refractivity contribution in [1.29, 1.82) is 0 Å². The molecule has 2 heterocycles. The predicted octanol–water partition coefficient (Wildman–Crippen LogP) is 2.17. The molecule has 2 aromatic rings. The number of hydrogen-bond donors (Lipinski definition) is 1. The minimum Gasteiger partial charge on any atom is -0.475 e. The highest BCUT2D eigenvalue weighted by Gasteiger charge is 2.14. The molecule has 0 aliphatic heterocycles. The summed E-state index contributed by atoms with van der Waals surface area (Å²) in [7, 11) is 0. The Labute approximate surface area is 91.7 Å². The van der Waals surface area contributed by atoms with Crippen LogP contribution in [-0.2, 0) is 6.42 Å². The highest BCUT2D eigenvalue weighted by molar-refractivity contribution is 5.84. The van der Waals surface area contributed by atoms with Crippen molar-refractivity contribution in [3.8, 4) is 0 Å². The Kier molecular flexibility index (Phi) is 2.52.